The second-order valence-electron chi connectivity index (χ2n) is 4.78. The van der Waals surface area contributed by atoms with Gasteiger partial charge >= 0.3 is 0 Å². The van der Waals surface area contributed by atoms with Crippen LogP contribution in [0, 0.1) is 0 Å². The lowest BCUT2D eigenvalue weighted by atomic mass is 10.1. The summed E-state index contributed by atoms with van der Waals surface area (Å²) in [5.74, 6) is 0. The van der Waals surface area contributed by atoms with Gasteiger partial charge < -0.3 is 10.2 Å². The minimum absolute atomic E-state index is 0.457. The summed E-state index contributed by atoms with van der Waals surface area (Å²) in [6, 6.07) is 6.86. The lowest BCUT2D eigenvalue weighted by molar-refractivity contribution is 0.680. The Bertz CT molecular complexity index is 496. The second kappa shape index (κ2) is 6.68. The minimum atomic E-state index is 0.457. The van der Waals surface area contributed by atoms with Gasteiger partial charge in [-0.25, -0.2) is 0 Å². The molecule has 1 atom stereocenters. The molecule has 2 aromatic rings. The summed E-state index contributed by atoms with van der Waals surface area (Å²) >= 11 is 1.82. The first kappa shape index (κ1) is 14.0. The van der Waals surface area contributed by atoms with Gasteiger partial charge in [-0.15, -0.1) is 11.3 Å². The number of nitrogens with zero attached hydrogens (tertiary/aromatic N) is 2. The third-order valence-corrected chi connectivity index (χ3v) is 4.27. The van der Waals surface area contributed by atoms with E-state index in [1.807, 2.05) is 30.8 Å². The molecule has 2 heterocycles. The third-order valence-electron chi connectivity index (χ3n) is 3.37. The van der Waals surface area contributed by atoms with Crippen LogP contribution in [-0.4, -0.2) is 25.1 Å². The number of nitrogens with one attached hydrogen (secondary N) is 1. The molecule has 0 aliphatic carbocycles. The van der Waals surface area contributed by atoms with Gasteiger partial charge in [-0.2, -0.15) is 0 Å². The molecule has 2 rings (SSSR count). The number of hydrogen-bond donors (Lipinski definition) is 1. The predicted octanol–water partition coefficient (Wildman–Crippen LogP) is 2.93. The van der Waals surface area contributed by atoms with Crippen LogP contribution in [-0.2, 0) is 13.0 Å². The van der Waals surface area contributed by atoms with E-state index in [-0.39, 0.29) is 0 Å². The molecular formula is C15H21N3S. The Morgan fingerprint density at radius 2 is 2.26 bits per heavy atom. The molecule has 0 amide bonds. The summed E-state index contributed by atoms with van der Waals surface area (Å²) in [5.41, 5.74) is 2.50. The van der Waals surface area contributed by atoms with Gasteiger partial charge in [0.1, 0.15) is 0 Å². The summed E-state index contributed by atoms with van der Waals surface area (Å²) in [6.45, 7) is 3.13. The van der Waals surface area contributed by atoms with Gasteiger partial charge in [0.15, 0.2) is 0 Å². The monoisotopic (exact) mass is 275 g/mol. The van der Waals surface area contributed by atoms with Crippen LogP contribution in [0.3, 0.4) is 0 Å². The topological polar surface area (TPSA) is 28.2 Å². The molecule has 0 aliphatic heterocycles. The Balaban J connectivity index is 2.12. The van der Waals surface area contributed by atoms with Gasteiger partial charge in [0.05, 0.1) is 11.9 Å². The van der Waals surface area contributed by atoms with E-state index >= 15 is 0 Å². The maximum absolute atomic E-state index is 4.26. The van der Waals surface area contributed by atoms with Gasteiger partial charge in [-0.3, -0.25) is 4.98 Å². The average Bonchev–Trinajstić information content (AvgIpc) is 2.92. The Morgan fingerprint density at radius 3 is 2.95 bits per heavy atom. The first-order valence-electron chi connectivity index (χ1n) is 6.55. The van der Waals surface area contributed by atoms with E-state index in [1.54, 1.807) is 0 Å². The predicted molar refractivity (Wildman–Crippen MR) is 82.9 cm³/mol. The van der Waals surface area contributed by atoms with Gasteiger partial charge in [0, 0.05) is 37.1 Å². The van der Waals surface area contributed by atoms with Gasteiger partial charge in [0.2, 0.25) is 0 Å². The van der Waals surface area contributed by atoms with E-state index in [1.165, 1.54) is 16.1 Å². The van der Waals surface area contributed by atoms with E-state index in [9.17, 15) is 0 Å². The molecule has 0 aromatic carbocycles. The summed E-state index contributed by atoms with van der Waals surface area (Å²) in [7, 11) is 4.12. The van der Waals surface area contributed by atoms with Crippen LogP contribution >= 0.6 is 11.3 Å². The second-order valence-corrected chi connectivity index (χ2v) is 5.81. The zero-order valence-electron chi connectivity index (χ0n) is 11.8. The molecule has 0 bridgehead atoms. The molecule has 19 heavy (non-hydrogen) atoms. The largest absolute Gasteiger partial charge is 0.370 e. The fourth-order valence-electron chi connectivity index (χ4n) is 2.17. The van der Waals surface area contributed by atoms with E-state index in [0.29, 0.717) is 6.04 Å². The maximum atomic E-state index is 4.26. The van der Waals surface area contributed by atoms with E-state index in [2.05, 4.69) is 52.8 Å². The molecule has 0 aliphatic rings. The lowest BCUT2D eigenvalue weighted by Crippen LogP contribution is -2.31. The zero-order valence-corrected chi connectivity index (χ0v) is 12.6. The van der Waals surface area contributed by atoms with Crippen molar-refractivity contribution in [2.75, 3.05) is 19.0 Å². The van der Waals surface area contributed by atoms with E-state index in [4.69, 9.17) is 0 Å². The minimum Gasteiger partial charge on any atom is -0.370 e. The molecule has 0 fully saturated rings. The van der Waals surface area contributed by atoms with Crippen molar-refractivity contribution in [2.24, 2.45) is 0 Å². The number of thiophene rings is 1. The van der Waals surface area contributed by atoms with Crippen molar-refractivity contribution < 1.29 is 0 Å². The number of anilines is 1. The van der Waals surface area contributed by atoms with E-state index < -0.39 is 0 Å². The van der Waals surface area contributed by atoms with Crippen molar-refractivity contribution in [2.45, 2.75) is 25.9 Å². The number of hydrogen-bond acceptors (Lipinski definition) is 4. The third kappa shape index (κ3) is 3.55. The summed E-state index contributed by atoms with van der Waals surface area (Å²) in [6.07, 6.45) is 4.88. The van der Waals surface area contributed by atoms with Crippen LogP contribution in [0.1, 0.15) is 17.4 Å². The van der Waals surface area contributed by atoms with Crippen molar-refractivity contribution in [1.29, 1.82) is 0 Å². The Labute approximate surface area is 119 Å². The van der Waals surface area contributed by atoms with Crippen molar-refractivity contribution in [3.8, 4) is 0 Å². The molecule has 4 heteroatoms. The van der Waals surface area contributed by atoms with Crippen LogP contribution in [0.2, 0.25) is 0 Å². The van der Waals surface area contributed by atoms with Crippen molar-refractivity contribution in [3.05, 3.63) is 46.4 Å². The molecular weight excluding hydrogens is 254 g/mol. The molecule has 0 radical (unpaired) electrons. The highest BCUT2D eigenvalue weighted by molar-refractivity contribution is 7.09. The molecule has 0 saturated heterocycles. The molecule has 3 nitrogen and oxygen atoms in total. The fourth-order valence-corrected chi connectivity index (χ4v) is 2.99. The maximum Gasteiger partial charge on any atom is 0.0598 e. The molecule has 2 aromatic heterocycles. The van der Waals surface area contributed by atoms with Gasteiger partial charge in [0.25, 0.3) is 0 Å². The summed E-state index contributed by atoms with van der Waals surface area (Å²) in [5, 5.41) is 5.35. The summed E-state index contributed by atoms with van der Waals surface area (Å²) in [4.78, 5) is 8.01. The SMILES string of the molecule is CNCc1ccncc1N(C)C(C)Cc1cccs1. The van der Waals surface area contributed by atoms with E-state index in [0.717, 1.165) is 13.0 Å². The molecule has 1 unspecified atom stereocenters. The first-order valence-corrected chi connectivity index (χ1v) is 7.43. The van der Waals surface area contributed by atoms with Crippen LogP contribution in [0.5, 0.6) is 0 Å². The Kier molecular flexibility index (Phi) is 4.93. The molecule has 0 spiro atoms. The standard InChI is InChI=1S/C15H21N3S/c1-12(9-14-5-4-8-19-14)18(3)15-11-17-7-6-13(15)10-16-2/h4-8,11-12,16H,9-10H2,1-3H3. The highest BCUT2D eigenvalue weighted by atomic mass is 32.1. The van der Waals surface area contributed by atoms with Crippen molar-refractivity contribution in [3.63, 3.8) is 0 Å². The van der Waals surface area contributed by atoms with Crippen molar-refractivity contribution >= 4 is 17.0 Å². The fraction of sp³-hybridized carbons (Fsp3) is 0.400. The van der Waals surface area contributed by atoms with Crippen LogP contribution in [0.4, 0.5) is 5.69 Å². The quantitative estimate of drug-likeness (QED) is 0.878. The highest BCUT2D eigenvalue weighted by Crippen LogP contribution is 2.22. The smallest absolute Gasteiger partial charge is 0.0598 e. The average molecular weight is 275 g/mol. The highest BCUT2D eigenvalue weighted by Gasteiger charge is 2.14. The van der Waals surface area contributed by atoms with Gasteiger partial charge in [-0.05, 0) is 37.0 Å². The Hall–Kier alpha value is -1.39. The van der Waals surface area contributed by atoms with Crippen LogP contribution in [0.25, 0.3) is 0 Å². The first-order chi connectivity index (χ1) is 9.22. The lowest BCUT2D eigenvalue weighted by Gasteiger charge is -2.28. The zero-order chi connectivity index (χ0) is 13.7. The normalized spacial score (nSPS) is 12.4. The summed E-state index contributed by atoms with van der Waals surface area (Å²) < 4.78 is 0. The molecule has 102 valence electrons. The number of rotatable bonds is 6. The number of pyridine rings is 1. The van der Waals surface area contributed by atoms with Gasteiger partial charge in [-0.1, -0.05) is 6.07 Å². The van der Waals surface area contributed by atoms with Crippen LogP contribution in [0.15, 0.2) is 36.0 Å². The molecule has 0 saturated carbocycles. The Morgan fingerprint density at radius 1 is 1.42 bits per heavy atom. The number of likely N-dealkylation sites (N-methyl/N-ethyl adjacent to an activating group) is 1. The number of aromatic nitrogens is 1. The molecule has 1 N–H and O–H groups in total. The van der Waals surface area contributed by atoms with Crippen molar-refractivity contribution in [1.82, 2.24) is 10.3 Å². The van der Waals surface area contributed by atoms with Crippen LogP contribution < -0.4 is 10.2 Å².